The lowest BCUT2D eigenvalue weighted by Gasteiger charge is -2.38. The number of aliphatic carboxylic acids is 1. The van der Waals surface area contributed by atoms with Gasteiger partial charge in [0, 0.05) is 19.6 Å². The van der Waals surface area contributed by atoms with Crippen LogP contribution in [0.3, 0.4) is 0 Å². The largest absolute Gasteiger partial charge is 0.480 e. The van der Waals surface area contributed by atoms with E-state index in [9.17, 15) is 18.3 Å². The van der Waals surface area contributed by atoms with E-state index in [1.165, 1.54) is 8.61 Å². The molecule has 3 unspecified atom stereocenters. The molecule has 0 amide bonds. The minimum atomic E-state index is -3.70. The molecule has 3 aliphatic heterocycles. The summed E-state index contributed by atoms with van der Waals surface area (Å²) in [5.74, 6) is -1.05. The smallest absolute Gasteiger partial charge is 0.322 e. The number of carbonyl (C=O) groups is 1. The Morgan fingerprint density at radius 1 is 1.10 bits per heavy atom. The maximum atomic E-state index is 12.7. The number of carboxylic acids is 1. The van der Waals surface area contributed by atoms with Gasteiger partial charge in [0.05, 0.1) is 12.2 Å². The summed E-state index contributed by atoms with van der Waals surface area (Å²) in [4.78, 5) is 11.3. The maximum Gasteiger partial charge on any atom is 0.322 e. The van der Waals surface area contributed by atoms with Crippen LogP contribution in [0.4, 0.5) is 0 Å². The topological polar surface area (TPSA) is 87.2 Å². The monoisotopic (exact) mass is 304 g/mol. The molecule has 0 aromatic carbocycles. The summed E-state index contributed by atoms with van der Waals surface area (Å²) in [5, 5.41) is 9.24. The van der Waals surface area contributed by atoms with Gasteiger partial charge >= 0.3 is 5.97 Å². The van der Waals surface area contributed by atoms with Crippen molar-refractivity contribution < 1.29 is 23.1 Å². The highest BCUT2D eigenvalue weighted by molar-refractivity contribution is 7.86. The summed E-state index contributed by atoms with van der Waals surface area (Å²) < 4.78 is 33.6. The van der Waals surface area contributed by atoms with Crippen LogP contribution < -0.4 is 0 Å². The minimum absolute atomic E-state index is 0.0309. The average molecular weight is 304 g/mol. The molecule has 3 heterocycles. The van der Waals surface area contributed by atoms with Gasteiger partial charge in [-0.3, -0.25) is 4.79 Å². The summed E-state index contributed by atoms with van der Waals surface area (Å²) in [7, 11) is -3.70. The van der Waals surface area contributed by atoms with E-state index in [1.807, 2.05) is 0 Å². The van der Waals surface area contributed by atoms with Crippen molar-refractivity contribution in [2.75, 3.05) is 19.6 Å². The zero-order valence-corrected chi connectivity index (χ0v) is 12.1. The highest BCUT2D eigenvalue weighted by Crippen LogP contribution is 2.30. The molecule has 0 saturated carbocycles. The van der Waals surface area contributed by atoms with Crippen LogP contribution in [0.25, 0.3) is 0 Å². The Balaban J connectivity index is 1.81. The predicted molar refractivity (Wildman–Crippen MR) is 70.4 cm³/mol. The van der Waals surface area contributed by atoms with Gasteiger partial charge < -0.3 is 9.84 Å². The van der Waals surface area contributed by atoms with Crippen LogP contribution >= 0.6 is 0 Å². The molecule has 3 atom stereocenters. The third kappa shape index (κ3) is 2.45. The second-order valence-electron chi connectivity index (χ2n) is 5.74. The first kappa shape index (κ1) is 14.2. The van der Waals surface area contributed by atoms with Gasteiger partial charge in [0.25, 0.3) is 10.2 Å². The fourth-order valence-corrected chi connectivity index (χ4v) is 5.23. The van der Waals surface area contributed by atoms with Gasteiger partial charge in [-0.25, -0.2) is 0 Å². The van der Waals surface area contributed by atoms with Crippen LogP contribution in [0.5, 0.6) is 0 Å². The molecule has 8 heteroatoms. The first-order valence-corrected chi connectivity index (χ1v) is 8.53. The first-order valence-electron chi connectivity index (χ1n) is 7.13. The summed E-state index contributed by atoms with van der Waals surface area (Å²) in [6.45, 7) is 0.995. The maximum absolute atomic E-state index is 12.7. The van der Waals surface area contributed by atoms with E-state index in [0.29, 0.717) is 26.1 Å². The Labute approximate surface area is 118 Å². The van der Waals surface area contributed by atoms with E-state index in [2.05, 4.69) is 0 Å². The molecule has 0 aromatic rings. The lowest BCUT2D eigenvalue weighted by molar-refractivity contribution is -0.142. The highest BCUT2D eigenvalue weighted by Gasteiger charge is 2.44. The molecule has 0 radical (unpaired) electrons. The van der Waals surface area contributed by atoms with Gasteiger partial charge in [-0.1, -0.05) is 0 Å². The molecule has 3 saturated heterocycles. The van der Waals surface area contributed by atoms with Gasteiger partial charge in [-0.2, -0.15) is 17.0 Å². The molecule has 20 heavy (non-hydrogen) atoms. The lowest BCUT2D eigenvalue weighted by atomic mass is 10.1. The van der Waals surface area contributed by atoms with Crippen molar-refractivity contribution in [1.29, 1.82) is 0 Å². The number of fused-ring (bicyclic) bond motifs is 2. The molecule has 0 aliphatic carbocycles. The zero-order valence-electron chi connectivity index (χ0n) is 11.3. The minimum Gasteiger partial charge on any atom is -0.480 e. The van der Waals surface area contributed by atoms with E-state index in [0.717, 1.165) is 25.7 Å². The highest BCUT2D eigenvalue weighted by atomic mass is 32.2. The molecule has 3 aliphatic rings. The third-order valence-electron chi connectivity index (χ3n) is 4.37. The Kier molecular flexibility index (Phi) is 3.74. The molecule has 3 fully saturated rings. The summed E-state index contributed by atoms with van der Waals surface area (Å²) in [6, 6.07) is -0.922. The Hall–Kier alpha value is -0.700. The number of nitrogens with zero attached hydrogens (tertiary/aromatic N) is 2. The SMILES string of the molecule is O=C(O)C1CCCCN1S(=O)(=O)N1CC2CCC(C1)O2. The quantitative estimate of drug-likeness (QED) is 0.795. The number of morpholine rings is 1. The Morgan fingerprint density at radius 2 is 1.75 bits per heavy atom. The molecule has 0 aromatic heterocycles. The lowest BCUT2D eigenvalue weighted by Crippen LogP contribution is -2.56. The molecular weight excluding hydrogens is 284 g/mol. The number of ether oxygens (including phenoxy) is 1. The van der Waals surface area contributed by atoms with Crippen molar-refractivity contribution in [3.05, 3.63) is 0 Å². The van der Waals surface area contributed by atoms with Crippen LogP contribution in [0.2, 0.25) is 0 Å². The fraction of sp³-hybridized carbons (Fsp3) is 0.917. The number of carboxylic acid groups (broad SMARTS) is 1. The van der Waals surface area contributed by atoms with Crippen LogP contribution in [-0.2, 0) is 19.7 Å². The molecule has 2 bridgehead atoms. The standard InChI is InChI=1S/C12H20N2O5S/c15-12(16)11-3-1-2-6-14(11)20(17,18)13-7-9-4-5-10(8-13)19-9/h9-11H,1-8H2,(H,15,16). The summed E-state index contributed by atoms with van der Waals surface area (Å²) in [6.07, 6.45) is 3.59. The van der Waals surface area contributed by atoms with Gasteiger partial charge in [0.2, 0.25) is 0 Å². The number of hydrogen-bond donors (Lipinski definition) is 1. The molecular formula is C12H20N2O5S. The van der Waals surface area contributed by atoms with Crippen molar-refractivity contribution in [3.63, 3.8) is 0 Å². The molecule has 1 N–H and O–H groups in total. The normalized spacial score (nSPS) is 36.1. The zero-order chi connectivity index (χ0) is 14.3. The van der Waals surface area contributed by atoms with Crippen LogP contribution in [0.1, 0.15) is 32.1 Å². The van der Waals surface area contributed by atoms with Crippen molar-refractivity contribution in [2.45, 2.75) is 50.4 Å². The van der Waals surface area contributed by atoms with Gasteiger partial charge in [-0.15, -0.1) is 0 Å². The van der Waals surface area contributed by atoms with Crippen LogP contribution in [-0.4, -0.2) is 66.0 Å². The predicted octanol–water partition coefficient (Wildman–Crippen LogP) is 0.0335. The molecule has 7 nitrogen and oxygen atoms in total. The van der Waals surface area contributed by atoms with E-state index in [-0.39, 0.29) is 12.2 Å². The fourth-order valence-electron chi connectivity index (χ4n) is 3.34. The number of hydrogen-bond acceptors (Lipinski definition) is 4. The van der Waals surface area contributed by atoms with Gasteiger partial charge in [0.1, 0.15) is 6.04 Å². The first-order chi connectivity index (χ1) is 9.48. The van der Waals surface area contributed by atoms with Crippen molar-refractivity contribution in [1.82, 2.24) is 8.61 Å². The molecule has 114 valence electrons. The molecule has 3 rings (SSSR count). The summed E-state index contributed by atoms with van der Waals surface area (Å²) >= 11 is 0. The number of piperidine rings is 1. The second-order valence-corrected chi connectivity index (χ2v) is 7.62. The second kappa shape index (κ2) is 5.25. The van der Waals surface area contributed by atoms with Crippen molar-refractivity contribution in [3.8, 4) is 0 Å². The van der Waals surface area contributed by atoms with E-state index >= 15 is 0 Å². The molecule has 0 spiro atoms. The summed E-state index contributed by atoms with van der Waals surface area (Å²) in [5.41, 5.74) is 0. The average Bonchev–Trinajstić information content (AvgIpc) is 2.77. The van der Waals surface area contributed by atoms with Crippen LogP contribution in [0, 0.1) is 0 Å². The Morgan fingerprint density at radius 3 is 2.35 bits per heavy atom. The van der Waals surface area contributed by atoms with E-state index in [1.54, 1.807) is 0 Å². The third-order valence-corrected chi connectivity index (χ3v) is 6.35. The van der Waals surface area contributed by atoms with E-state index in [4.69, 9.17) is 4.74 Å². The Bertz CT molecular complexity index is 482. The van der Waals surface area contributed by atoms with Gasteiger partial charge in [0.15, 0.2) is 0 Å². The van der Waals surface area contributed by atoms with Crippen molar-refractivity contribution in [2.24, 2.45) is 0 Å². The van der Waals surface area contributed by atoms with Crippen LogP contribution in [0.15, 0.2) is 0 Å². The van der Waals surface area contributed by atoms with Crippen molar-refractivity contribution >= 4 is 16.2 Å². The van der Waals surface area contributed by atoms with Gasteiger partial charge in [-0.05, 0) is 32.1 Å². The number of rotatable bonds is 3. The van der Waals surface area contributed by atoms with E-state index < -0.39 is 22.2 Å².